The summed E-state index contributed by atoms with van der Waals surface area (Å²) in [5, 5.41) is 2.72. The van der Waals surface area contributed by atoms with Crippen LogP contribution in [0.15, 0.2) is 59.4 Å². The van der Waals surface area contributed by atoms with Crippen molar-refractivity contribution < 1.29 is 14.3 Å². The third-order valence-electron chi connectivity index (χ3n) is 4.35. The summed E-state index contributed by atoms with van der Waals surface area (Å²) < 4.78 is 10.7. The monoisotopic (exact) mass is 394 g/mol. The van der Waals surface area contributed by atoms with Gasteiger partial charge in [0, 0.05) is 5.02 Å². The highest BCUT2D eigenvalue weighted by atomic mass is 35.5. The van der Waals surface area contributed by atoms with Crippen molar-refractivity contribution in [3.05, 3.63) is 81.4 Å². The molecule has 0 amide bonds. The summed E-state index contributed by atoms with van der Waals surface area (Å²) >= 11 is 5.96. The van der Waals surface area contributed by atoms with E-state index in [9.17, 15) is 9.59 Å². The van der Waals surface area contributed by atoms with Gasteiger partial charge in [-0.05, 0) is 41.1 Å². The first-order valence-electron chi connectivity index (χ1n) is 8.47. The Morgan fingerprint density at radius 1 is 1.11 bits per heavy atom. The third-order valence-corrected chi connectivity index (χ3v) is 4.58. The first-order chi connectivity index (χ1) is 13.5. The predicted molar refractivity (Wildman–Crippen MR) is 107 cm³/mol. The van der Waals surface area contributed by atoms with Crippen LogP contribution in [0.5, 0.6) is 5.75 Å². The SMILES string of the molecule is COc1cc2ccccc2cc1C(=O)OCc1nc2cc(Cl)ccc2c(=O)[nH]1. The molecule has 0 aliphatic heterocycles. The number of nitrogens with one attached hydrogen (secondary N) is 1. The zero-order valence-corrected chi connectivity index (χ0v) is 15.6. The van der Waals surface area contributed by atoms with Gasteiger partial charge in [0.1, 0.15) is 23.7 Å². The molecule has 6 nitrogen and oxygen atoms in total. The van der Waals surface area contributed by atoms with Crippen LogP contribution in [-0.4, -0.2) is 23.0 Å². The summed E-state index contributed by atoms with van der Waals surface area (Å²) in [6.45, 7) is -0.188. The lowest BCUT2D eigenvalue weighted by Gasteiger charge is -2.10. The van der Waals surface area contributed by atoms with E-state index in [4.69, 9.17) is 21.1 Å². The highest BCUT2D eigenvalue weighted by Crippen LogP contribution is 2.26. The minimum absolute atomic E-state index is 0.188. The van der Waals surface area contributed by atoms with Crippen LogP contribution in [-0.2, 0) is 11.3 Å². The molecular weight excluding hydrogens is 380 g/mol. The van der Waals surface area contributed by atoms with Crippen LogP contribution in [0.3, 0.4) is 0 Å². The first kappa shape index (κ1) is 18.0. The van der Waals surface area contributed by atoms with E-state index < -0.39 is 5.97 Å². The van der Waals surface area contributed by atoms with Gasteiger partial charge in [0.15, 0.2) is 0 Å². The van der Waals surface area contributed by atoms with Crippen LogP contribution in [0.25, 0.3) is 21.7 Å². The summed E-state index contributed by atoms with van der Waals surface area (Å²) in [6.07, 6.45) is 0. The van der Waals surface area contributed by atoms with Crippen molar-refractivity contribution in [1.82, 2.24) is 9.97 Å². The normalized spacial score (nSPS) is 10.9. The number of nitrogens with zero attached hydrogens (tertiary/aromatic N) is 1. The maximum absolute atomic E-state index is 12.6. The predicted octanol–water partition coefficient (Wildman–Crippen LogP) is 4.10. The Balaban J connectivity index is 1.62. The maximum atomic E-state index is 12.6. The molecule has 1 N–H and O–H groups in total. The molecule has 1 aromatic heterocycles. The van der Waals surface area contributed by atoms with Gasteiger partial charge in [-0.2, -0.15) is 0 Å². The van der Waals surface area contributed by atoms with Crippen LogP contribution >= 0.6 is 11.6 Å². The fourth-order valence-corrected chi connectivity index (χ4v) is 3.16. The number of H-pyrrole nitrogens is 1. The van der Waals surface area contributed by atoms with E-state index in [-0.39, 0.29) is 18.0 Å². The van der Waals surface area contributed by atoms with Gasteiger partial charge in [-0.25, -0.2) is 9.78 Å². The maximum Gasteiger partial charge on any atom is 0.342 e. The second kappa shape index (κ2) is 7.32. The zero-order chi connectivity index (χ0) is 19.7. The van der Waals surface area contributed by atoms with Crippen molar-refractivity contribution in [2.45, 2.75) is 6.61 Å². The van der Waals surface area contributed by atoms with Gasteiger partial charge in [-0.3, -0.25) is 4.79 Å². The summed E-state index contributed by atoms with van der Waals surface area (Å²) in [5.41, 5.74) is 0.411. The number of hydrogen-bond acceptors (Lipinski definition) is 5. The number of rotatable bonds is 4. The fourth-order valence-electron chi connectivity index (χ4n) is 2.99. The quantitative estimate of drug-likeness (QED) is 0.527. The molecule has 0 atom stereocenters. The Labute approximate surface area is 164 Å². The summed E-state index contributed by atoms with van der Waals surface area (Å²) in [7, 11) is 1.49. The smallest absolute Gasteiger partial charge is 0.342 e. The number of benzene rings is 3. The van der Waals surface area contributed by atoms with E-state index >= 15 is 0 Å². The van der Waals surface area contributed by atoms with E-state index in [0.717, 1.165) is 10.8 Å². The van der Waals surface area contributed by atoms with Gasteiger partial charge < -0.3 is 14.5 Å². The largest absolute Gasteiger partial charge is 0.496 e. The number of carbonyl (C=O) groups excluding carboxylic acids is 1. The number of halogens is 1. The van der Waals surface area contributed by atoms with Crippen LogP contribution in [0.4, 0.5) is 0 Å². The van der Waals surface area contributed by atoms with Crippen molar-refractivity contribution in [2.24, 2.45) is 0 Å². The van der Waals surface area contributed by atoms with Gasteiger partial charge in [-0.1, -0.05) is 35.9 Å². The van der Waals surface area contributed by atoms with Gasteiger partial charge in [0.05, 0.1) is 18.0 Å². The van der Waals surface area contributed by atoms with Crippen LogP contribution in [0.1, 0.15) is 16.2 Å². The van der Waals surface area contributed by atoms with Crippen molar-refractivity contribution in [3.8, 4) is 5.75 Å². The average Bonchev–Trinajstić information content (AvgIpc) is 2.70. The molecule has 0 aliphatic carbocycles. The van der Waals surface area contributed by atoms with E-state index in [0.29, 0.717) is 27.2 Å². The topological polar surface area (TPSA) is 81.3 Å². The van der Waals surface area contributed by atoms with Crippen LogP contribution in [0.2, 0.25) is 5.02 Å². The molecule has 0 unspecified atom stereocenters. The lowest BCUT2D eigenvalue weighted by atomic mass is 10.1. The molecule has 1 heterocycles. The Bertz CT molecular complexity index is 1270. The van der Waals surface area contributed by atoms with E-state index in [1.54, 1.807) is 30.3 Å². The molecule has 0 radical (unpaired) electrons. The second-order valence-electron chi connectivity index (χ2n) is 6.15. The van der Waals surface area contributed by atoms with Crippen LogP contribution < -0.4 is 10.3 Å². The van der Waals surface area contributed by atoms with Gasteiger partial charge >= 0.3 is 5.97 Å². The number of methoxy groups -OCH3 is 1. The minimum Gasteiger partial charge on any atom is -0.496 e. The Morgan fingerprint density at radius 2 is 1.86 bits per heavy atom. The molecule has 4 aromatic rings. The number of aromatic nitrogens is 2. The van der Waals surface area contributed by atoms with Crippen molar-refractivity contribution >= 4 is 39.2 Å². The number of ether oxygens (including phenoxy) is 2. The number of esters is 1. The third kappa shape index (κ3) is 3.42. The summed E-state index contributed by atoms with van der Waals surface area (Å²) in [4.78, 5) is 31.7. The minimum atomic E-state index is -0.573. The Hall–Kier alpha value is -3.38. The molecular formula is C21H15ClN2O4. The highest BCUT2D eigenvalue weighted by molar-refractivity contribution is 6.31. The molecule has 0 saturated heterocycles. The Kier molecular flexibility index (Phi) is 4.71. The molecule has 7 heteroatoms. The average molecular weight is 395 g/mol. The fraction of sp³-hybridized carbons (Fsp3) is 0.0952. The zero-order valence-electron chi connectivity index (χ0n) is 14.9. The lowest BCUT2D eigenvalue weighted by Crippen LogP contribution is -2.15. The van der Waals surface area contributed by atoms with Crippen molar-refractivity contribution in [1.29, 1.82) is 0 Å². The molecule has 0 fully saturated rings. The first-order valence-corrected chi connectivity index (χ1v) is 8.85. The van der Waals surface area contributed by atoms with Crippen LogP contribution in [0, 0.1) is 0 Å². The molecule has 0 bridgehead atoms. The number of fused-ring (bicyclic) bond motifs is 2. The van der Waals surface area contributed by atoms with E-state index in [2.05, 4.69) is 9.97 Å². The molecule has 3 aromatic carbocycles. The van der Waals surface area contributed by atoms with Gasteiger partial charge in [-0.15, -0.1) is 0 Å². The summed E-state index contributed by atoms with van der Waals surface area (Å²) in [5.74, 6) is 0.0692. The molecule has 0 saturated carbocycles. The van der Waals surface area contributed by atoms with E-state index in [1.807, 2.05) is 24.3 Å². The van der Waals surface area contributed by atoms with E-state index in [1.165, 1.54) is 7.11 Å². The lowest BCUT2D eigenvalue weighted by molar-refractivity contribution is 0.0459. The molecule has 28 heavy (non-hydrogen) atoms. The van der Waals surface area contributed by atoms with Crippen molar-refractivity contribution in [2.75, 3.05) is 7.11 Å². The Morgan fingerprint density at radius 3 is 2.61 bits per heavy atom. The number of carbonyl (C=O) groups is 1. The van der Waals surface area contributed by atoms with Gasteiger partial charge in [0.2, 0.25) is 0 Å². The second-order valence-corrected chi connectivity index (χ2v) is 6.59. The van der Waals surface area contributed by atoms with Gasteiger partial charge in [0.25, 0.3) is 5.56 Å². The number of aromatic amines is 1. The molecule has 0 aliphatic rings. The molecule has 140 valence electrons. The number of hydrogen-bond donors (Lipinski definition) is 1. The van der Waals surface area contributed by atoms with Crippen molar-refractivity contribution in [3.63, 3.8) is 0 Å². The molecule has 0 spiro atoms. The molecule has 4 rings (SSSR count). The summed E-state index contributed by atoms with van der Waals surface area (Å²) in [6, 6.07) is 15.9. The highest BCUT2D eigenvalue weighted by Gasteiger charge is 2.16. The standard InChI is InChI=1S/C21H15ClN2O4/c1-27-18-9-13-5-3-2-4-12(13)8-16(18)21(26)28-11-19-23-17-10-14(22)6-7-15(17)20(25)24-19/h2-10H,11H2,1H3,(H,23,24,25).